The van der Waals surface area contributed by atoms with Gasteiger partial charge in [0.25, 0.3) is 0 Å². The largest absolute Gasteiger partial charge is 0.381 e. The van der Waals surface area contributed by atoms with E-state index < -0.39 is 0 Å². The molecule has 2 unspecified atom stereocenters. The molecule has 0 amide bonds. The Morgan fingerprint density at radius 1 is 1.71 bits per heavy atom. The molecule has 0 aromatic carbocycles. The number of hydrogen-bond donors (Lipinski definition) is 0. The van der Waals surface area contributed by atoms with Gasteiger partial charge in [0.2, 0.25) is 0 Å². The van der Waals surface area contributed by atoms with Gasteiger partial charge in [-0.15, -0.1) is 11.3 Å². The smallest absolute Gasteiger partial charge is 0.0960 e. The monoisotopic (exact) mass is 294 g/mol. The molecule has 14 heavy (non-hydrogen) atoms. The Bertz CT molecular complexity index is 300. The zero-order chi connectivity index (χ0) is 10.1. The number of thiophene rings is 1. The average Bonchev–Trinajstić information content (AvgIpc) is 2.76. The van der Waals surface area contributed by atoms with E-state index in [-0.39, 0.29) is 0 Å². The summed E-state index contributed by atoms with van der Waals surface area (Å²) in [7, 11) is 0. The van der Waals surface area contributed by atoms with Gasteiger partial charge in [0.05, 0.1) is 15.8 Å². The predicted octanol–water partition coefficient (Wildman–Crippen LogP) is 4.18. The first kappa shape index (κ1) is 10.9. The Labute approximate surface area is 102 Å². The highest BCUT2D eigenvalue weighted by molar-refractivity contribution is 9.09. The number of ether oxygens (including phenoxy) is 1. The van der Waals surface area contributed by atoms with Crippen molar-refractivity contribution in [2.45, 2.75) is 18.2 Å². The van der Waals surface area contributed by atoms with Crippen LogP contribution in [0.1, 0.15) is 21.7 Å². The van der Waals surface area contributed by atoms with Gasteiger partial charge in [0, 0.05) is 17.4 Å². The summed E-state index contributed by atoms with van der Waals surface area (Å²) in [4.78, 5) is 1.73. The maximum absolute atomic E-state index is 6.05. The maximum Gasteiger partial charge on any atom is 0.0960 e. The molecule has 0 bridgehead atoms. The van der Waals surface area contributed by atoms with Gasteiger partial charge in [-0.05, 0) is 25.0 Å². The molecular weight excluding hydrogens is 284 g/mol. The second-order valence-electron chi connectivity index (χ2n) is 3.63. The number of halogens is 2. The number of alkyl halides is 1. The van der Waals surface area contributed by atoms with Crippen LogP contribution in [0.2, 0.25) is 4.34 Å². The van der Waals surface area contributed by atoms with Crippen LogP contribution in [0.15, 0.2) is 6.07 Å². The summed E-state index contributed by atoms with van der Waals surface area (Å²) >= 11 is 11.5. The molecule has 1 aromatic rings. The van der Waals surface area contributed by atoms with Gasteiger partial charge in [-0.1, -0.05) is 27.5 Å². The summed E-state index contributed by atoms with van der Waals surface area (Å²) in [6.45, 7) is 3.81. The molecule has 1 saturated heterocycles. The van der Waals surface area contributed by atoms with Crippen LogP contribution < -0.4 is 0 Å². The van der Waals surface area contributed by atoms with E-state index in [0.717, 1.165) is 24.0 Å². The molecule has 1 aromatic heterocycles. The van der Waals surface area contributed by atoms with Crippen molar-refractivity contribution in [3.8, 4) is 0 Å². The Morgan fingerprint density at radius 2 is 2.50 bits per heavy atom. The van der Waals surface area contributed by atoms with Crippen molar-refractivity contribution in [2.75, 3.05) is 13.2 Å². The molecule has 2 atom stereocenters. The molecule has 0 spiro atoms. The third-order valence-electron chi connectivity index (χ3n) is 2.53. The number of aryl methyl sites for hydroxylation is 1. The molecule has 0 N–H and O–H groups in total. The molecule has 1 fully saturated rings. The molecule has 0 radical (unpaired) electrons. The van der Waals surface area contributed by atoms with Crippen LogP contribution in [0.5, 0.6) is 0 Å². The van der Waals surface area contributed by atoms with Crippen LogP contribution in [-0.4, -0.2) is 13.2 Å². The highest BCUT2D eigenvalue weighted by atomic mass is 79.9. The van der Waals surface area contributed by atoms with Crippen LogP contribution in [0, 0.1) is 12.8 Å². The van der Waals surface area contributed by atoms with Gasteiger partial charge < -0.3 is 4.74 Å². The van der Waals surface area contributed by atoms with Gasteiger partial charge in [-0.2, -0.15) is 0 Å². The molecule has 4 heteroatoms. The van der Waals surface area contributed by atoms with Crippen molar-refractivity contribution in [3.05, 3.63) is 20.8 Å². The molecule has 0 saturated carbocycles. The summed E-state index contributed by atoms with van der Waals surface area (Å²) < 4.78 is 6.28. The van der Waals surface area contributed by atoms with Crippen LogP contribution in [-0.2, 0) is 4.74 Å². The Hall–Kier alpha value is 0.430. The van der Waals surface area contributed by atoms with Crippen LogP contribution in [0.3, 0.4) is 0 Å². The Kier molecular flexibility index (Phi) is 3.53. The lowest BCUT2D eigenvalue weighted by Gasteiger charge is -2.13. The van der Waals surface area contributed by atoms with Crippen molar-refractivity contribution >= 4 is 38.9 Å². The lowest BCUT2D eigenvalue weighted by atomic mass is 10.0. The van der Waals surface area contributed by atoms with Gasteiger partial charge in [-0.3, -0.25) is 0 Å². The first-order valence-corrected chi connectivity index (χ1v) is 6.77. The summed E-state index contributed by atoms with van der Waals surface area (Å²) in [5, 5.41) is 0. The van der Waals surface area contributed by atoms with E-state index in [0.29, 0.717) is 10.7 Å². The fourth-order valence-electron chi connectivity index (χ4n) is 1.64. The zero-order valence-electron chi connectivity index (χ0n) is 7.93. The second-order valence-corrected chi connectivity index (χ2v) is 6.30. The van der Waals surface area contributed by atoms with Crippen LogP contribution in [0.25, 0.3) is 0 Å². The highest BCUT2D eigenvalue weighted by Crippen LogP contribution is 2.41. The third-order valence-corrected chi connectivity index (χ3v) is 5.71. The minimum absolute atomic E-state index is 0.404. The van der Waals surface area contributed by atoms with Gasteiger partial charge >= 0.3 is 0 Å². The minimum Gasteiger partial charge on any atom is -0.381 e. The maximum atomic E-state index is 6.05. The van der Waals surface area contributed by atoms with E-state index in [1.165, 1.54) is 10.4 Å². The minimum atomic E-state index is 0.404. The fourth-order valence-corrected chi connectivity index (χ4v) is 3.75. The van der Waals surface area contributed by atoms with E-state index in [1.54, 1.807) is 11.3 Å². The van der Waals surface area contributed by atoms with Crippen LogP contribution >= 0.6 is 38.9 Å². The van der Waals surface area contributed by atoms with E-state index >= 15 is 0 Å². The van der Waals surface area contributed by atoms with E-state index in [2.05, 4.69) is 22.0 Å². The molecule has 1 nitrogen and oxygen atoms in total. The number of rotatable bonds is 2. The molecule has 78 valence electrons. The zero-order valence-corrected chi connectivity index (χ0v) is 11.1. The van der Waals surface area contributed by atoms with Crippen molar-refractivity contribution < 1.29 is 4.74 Å². The Balaban J connectivity index is 2.13. The van der Waals surface area contributed by atoms with Gasteiger partial charge in [0.15, 0.2) is 0 Å². The first-order valence-electron chi connectivity index (χ1n) is 4.66. The van der Waals surface area contributed by atoms with Gasteiger partial charge in [0.1, 0.15) is 0 Å². The van der Waals surface area contributed by atoms with Crippen molar-refractivity contribution in [1.29, 1.82) is 0 Å². The summed E-state index contributed by atoms with van der Waals surface area (Å²) in [5.74, 6) is 0.601. The molecule has 2 heterocycles. The van der Waals surface area contributed by atoms with Crippen molar-refractivity contribution in [2.24, 2.45) is 5.92 Å². The highest BCUT2D eigenvalue weighted by Gasteiger charge is 2.26. The van der Waals surface area contributed by atoms with Gasteiger partial charge in [-0.25, -0.2) is 0 Å². The van der Waals surface area contributed by atoms with Crippen molar-refractivity contribution in [3.63, 3.8) is 0 Å². The second kappa shape index (κ2) is 4.52. The molecule has 1 aliphatic heterocycles. The van der Waals surface area contributed by atoms with E-state index in [9.17, 15) is 0 Å². The first-order chi connectivity index (χ1) is 6.68. The Morgan fingerprint density at radius 3 is 3.00 bits per heavy atom. The molecule has 2 rings (SSSR count). The number of hydrogen-bond acceptors (Lipinski definition) is 2. The van der Waals surface area contributed by atoms with E-state index in [4.69, 9.17) is 16.3 Å². The fraction of sp³-hybridized carbons (Fsp3) is 0.600. The normalized spacial score (nSPS) is 24.1. The molecular formula is C10H12BrClOS. The average molecular weight is 296 g/mol. The lowest BCUT2D eigenvalue weighted by molar-refractivity contribution is 0.186. The van der Waals surface area contributed by atoms with Crippen molar-refractivity contribution in [1.82, 2.24) is 0 Å². The quantitative estimate of drug-likeness (QED) is 0.744. The van der Waals surface area contributed by atoms with E-state index in [1.807, 2.05) is 6.92 Å². The standard InChI is InChI=1S/C10H12BrClOS/c1-6-4-8(14-10(6)12)9(11)7-2-3-13-5-7/h4,7,9H,2-3,5H2,1H3. The summed E-state index contributed by atoms with van der Waals surface area (Å²) in [6, 6.07) is 2.17. The molecule has 0 aliphatic carbocycles. The summed E-state index contributed by atoms with van der Waals surface area (Å²) in [6.07, 6.45) is 1.14. The third kappa shape index (κ3) is 2.16. The summed E-state index contributed by atoms with van der Waals surface area (Å²) in [5.41, 5.74) is 1.18. The SMILES string of the molecule is Cc1cc(C(Br)C2CCOC2)sc1Cl. The molecule has 1 aliphatic rings. The topological polar surface area (TPSA) is 9.23 Å². The lowest BCUT2D eigenvalue weighted by Crippen LogP contribution is -2.05. The predicted molar refractivity (Wildman–Crippen MR) is 64.7 cm³/mol. The van der Waals surface area contributed by atoms with Crippen LogP contribution in [0.4, 0.5) is 0 Å².